The summed E-state index contributed by atoms with van der Waals surface area (Å²) in [7, 11) is 0. The molecular weight excluding hydrogens is 262 g/mol. The van der Waals surface area contributed by atoms with Gasteiger partial charge in [0, 0.05) is 32.7 Å². The van der Waals surface area contributed by atoms with Crippen LogP contribution in [0.2, 0.25) is 0 Å². The Morgan fingerprint density at radius 3 is 2.71 bits per heavy atom. The summed E-state index contributed by atoms with van der Waals surface area (Å²) in [4.78, 5) is 17.0. The average Bonchev–Trinajstić information content (AvgIpc) is 2.95. The smallest absolute Gasteiger partial charge is 0.239 e. The van der Waals surface area contributed by atoms with E-state index < -0.39 is 0 Å². The average molecular weight is 287 g/mol. The molecule has 0 radical (unpaired) electrons. The lowest BCUT2D eigenvalue weighted by Crippen LogP contribution is -2.45. The molecule has 1 amide bonds. The first-order valence-corrected chi connectivity index (χ1v) is 8.11. The minimum Gasteiger partial charge on any atom is -0.340 e. The predicted octanol–water partition coefficient (Wildman–Crippen LogP) is 1.47. The maximum absolute atomic E-state index is 12.5. The van der Waals surface area contributed by atoms with Crippen molar-refractivity contribution in [2.24, 2.45) is 0 Å². The summed E-state index contributed by atoms with van der Waals surface area (Å²) in [6, 6.07) is 10.7. The molecule has 0 bridgehead atoms. The lowest BCUT2D eigenvalue weighted by atomic mass is 10.2. The molecule has 2 fully saturated rings. The maximum atomic E-state index is 12.5. The van der Waals surface area contributed by atoms with Gasteiger partial charge in [-0.3, -0.25) is 9.69 Å². The van der Waals surface area contributed by atoms with Crippen molar-refractivity contribution >= 4 is 5.91 Å². The second-order valence-electron chi connectivity index (χ2n) is 6.09. The Hall–Kier alpha value is -1.39. The van der Waals surface area contributed by atoms with Gasteiger partial charge < -0.3 is 10.2 Å². The number of hydrogen-bond donors (Lipinski definition) is 1. The molecule has 114 valence electrons. The summed E-state index contributed by atoms with van der Waals surface area (Å²) in [6.07, 6.45) is 3.21. The zero-order valence-corrected chi connectivity index (χ0v) is 12.6. The van der Waals surface area contributed by atoms with E-state index in [1.807, 2.05) is 0 Å². The third kappa shape index (κ3) is 3.83. The van der Waals surface area contributed by atoms with Crippen LogP contribution in [0.4, 0.5) is 0 Å². The van der Waals surface area contributed by atoms with Gasteiger partial charge in [-0.05, 0) is 31.4 Å². The van der Waals surface area contributed by atoms with Crippen LogP contribution in [0.1, 0.15) is 24.8 Å². The number of amides is 1. The van der Waals surface area contributed by atoms with E-state index in [4.69, 9.17) is 0 Å². The number of nitrogens with zero attached hydrogens (tertiary/aromatic N) is 2. The Bertz CT molecular complexity index is 456. The molecule has 0 aromatic heterocycles. The van der Waals surface area contributed by atoms with Gasteiger partial charge in [0.2, 0.25) is 5.91 Å². The van der Waals surface area contributed by atoms with Crippen LogP contribution in [-0.4, -0.2) is 54.5 Å². The van der Waals surface area contributed by atoms with Gasteiger partial charge in [-0.25, -0.2) is 0 Å². The molecule has 0 aliphatic carbocycles. The number of carbonyl (C=O) groups is 1. The zero-order valence-electron chi connectivity index (χ0n) is 12.6. The molecule has 21 heavy (non-hydrogen) atoms. The summed E-state index contributed by atoms with van der Waals surface area (Å²) in [5.74, 6) is 0.314. The molecule has 2 saturated heterocycles. The third-order valence-corrected chi connectivity index (χ3v) is 4.51. The molecule has 2 aliphatic rings. The molecule has 4 nitrogen and oxygen atoms in total. The first kappa shape index (κ1) is 14.5. The van der Waals surface area contributed by atoms with Crippen LogP contribution >= 0.6 is 0 Å². The normalized spacial score (nSPS) is 24.0. The molecule has 1 aromatic rings. The second-order valence-corrected chi connectivity index (χ2v) is 6.09. The summed E-state index contributed by atoms with van der Waals surface area (Å²) in [5, 5.41) is 3.32. The van der Waals surface area contributed by atoms with Crippen LogP contribution in [0.3, 0.4) is 0 Å². The van der Waals surface area contributed by atoms with Crippen LogP contribution < -0.4 is 5.32 Å². The van der Waals surface area contributed by atoms with Crippen molar-refractivity contribution in [2.45, 2.75) is 31.8 Å². The van der Waals surface area contributed by atoms with Crippen molar-refractivity contribution in [1.82, 2.24) is 15.1 Å². The van der Waals surface area contributed by atoms with E-state index in [-0.39, 0.29) is 6.04 Å². The first-order chi connectivity index (χ1) is 10.3. The van der Waals surface area contributed by atoms with Crippen molar-refractivity contribution in [2.75, 3.05) is 32.7 Å². The molecule has 1 aromatic carbocycles. The number of rotatable bonds is 3. The summed E-state index contributed by atoms with van der Waals surface area (Å²) >= 11 is 0. The Balaban J connectivity index is 1.53. The van der Waals surface area contributed by atoms with Crippen LogP contribution in [0.15, 0.2) is 30.3 Å². The molecule has 2 aliphatic heterocycles. The van der Waals surface area contributed by atoms with Crippen LogP contribution in [-0.2, 0) is 11.3 Å². The van der Waals surface area contributed by atoms with E-state index in [9.17, 15) is 4.79 Å². The van der Waals surface area contributed by atoms with Gasteiger partial charge in [0.25, 0.3) is 0 Å². The molecule has 4 heteroatoms. The van der Waals surface area contributed by atoms with Gasteiger partial charge in [0.15, 0.2) is 0 Å². The monoisotopic (exact) mass is 287 g/mol. The minimum absolute atomic E-state index is 0.0747. The quantitative estimate of drug-likeness (QED) is 0.914. The van der Waals surface area contributed by atoms with Crippen molar-refractivity contribution in [3.8, 4) is 0 Å². The molecule has 1 N–H and O–H groups in total. The predicted molar refractivity (Wildman–Crippen MR) is 83.9 cm³/mol. The minimum atomic E-state index is 0.0747. The SMILES string of the molecule is O=C([C@@H]1CCCN1)N1CCCN(Cc2ccccc2)CC1. The molecule has 1 atom stereocenters. The highest BCUT2D eigenvalue weighted by molar-refractivity contribution is 5.82. The Morgan fingerprint density at radius 1 is 1.10 bits per heavy atom. The van der Waals surface area contributed by atoms with Gasteiger partial charge >= 0.3 is 0 Å². The Kier molecular flexibility index (Phi) is 4.88. The third-order valence-electron chi connectivity index (χ3n) is 4.51. The van der Waals surface area contributed by atoms with Gasteiger partial charge in [0.05, 0.1) is 6.04 Å². The maximum Gasteiger partial charge on any atom is 0.239 e. The Labute approximate surface area is 127 Å². The lowest BCUT2D eigenvalue weighted by Gasteiger charge is -2.24. The highest BCUT2D eigenvalue weighted by Crippen LogP contribution is 2.13. The van der Waals surface area contributed by atoms with Crippen molar-refractivity contribution < 1.29 is 4.79 Å². The summed E-state index contributed by atoms with van der Waals surface area (Å²) < 4.78 is 0. The number of carbonyl (C=O) groups excluding carboxylic acids is 1. The van der Waals surface area contributed by atoms with Crippen LogP contribution in [0.5, 0.6) is 0 Å². The lowest BCUT2D eigenvalue weighted by molar-refractivity contribution is -0.132. The fourth-order valence-corrected chi connectivity index (χ4v) is 3.31. The molecule has 0 saturated carbocycles. The standard InChI is InChI=1S/C17H25N3O/c21-17(16-8-4-9-18-16)20-11-5-10-19(12-13-20)14-15-6-2-1-3-7-15/h1-3,6-7,16,18H,4-5,8-14H2/t16-/m0/s1. The highest BCUT2D eigenvalue weighted by atomic mass is 16.2. The summed E-state index contributed by atoms with van der Waals surface area (Å²) in [6.45, 7) is 5.81. The van der Waals surface area contributed by atoms with E-state index in [2.05, 4.69) is 45.4 Å². The van der Waals surface area contributed by atoms with Crippen molar-refractivity contribution in [3.63, 3.8) is 0 Å². The van der Waals surface area contributed by atoms with E-state index >= 15 is 0 Å². The number of nitrogens with one attached hydrogen (secondary N) is 1. The van der Waals surface area contributed by atoms with E-state index in [1.54, 1.807) is 0 Å². The van der Waals surface area contributed by atoms with Gasteiger partial charge in [0.1, 0.15) is 0 Å². The fourth-order valence-electron chi connectivity index (χ4n) is 3.31. The second kappa shape index (κ2) is 7.05. The van der Waals surface area contributed by atoms with Crippen molar-refractivity contribution in [3.05, 3.63) is 35.9 Å². The Morgan fingerprint density at radius 2 is 1.95 bits per heavy atom. The fraction of sp³-hybridized carbons (Fsp3) is 0.588. The molecular formula is C17H25N3O. The van der Waals surface area contributed by atoms with E-state index in [0.717, 1.165) is 58.5 Å². The van der Waals surface area contributed by atoms with Gasteiger partial charge in [-0.15, -0.1) is 0 Å². The molecule has 2 heterocycles. The largest absolute Gasteiger partial charge is 0.340 e. The van der Waals surface area contributed by atoms with Gasteiger partial charge in [-0.1, -0.05) is 30.3 Å². The van der Waals surface area contributed by atoms with Crippen LogP contribution in [0.25, 0.3) is 0 Å². The van der Waals surface area contributed by atoms with Gasteiger partial charge in [-0.2, -0.15) is 0 Å². The van der Waals surface area contributed by atoms with E-state index in [1.165, 1.54) is 5.56 Å². The number of hydrogen-bond acceptors (Lipinski definition) is 3. The zero-order chi connectivity index (χ0) is 14.5. The van der Waals surface area contributed by atoms with Crippen molar-refractivity contribution in [1.29, 1.82) is 0 Å². The topological polar surface area (TPSA) is 35.6 Å². The molecule has 0 spiro atoms. The first-order valence-electron chi connectivity index (χ1n) is 8.11. The van der Waals surface area contributed by atoms with E-state index in [0.29, 0.717) is 5.91 Å². The summed E-state index contributed by atoms with van der Waals surface area (Å²) in [5.41, 5.74) is 1.36. The molecule has 0 unspecified atom stereocenters. The highest BCUT2D eigenvalue weighted by Gasteiger charge is 2.28. The number of benzene rings is 1. The van der Waals surface area contributed by atoms with Crippen LogP contribution in [0, 0.1) is 0 Å². The molecule has 3 rings (SSSR count).